The van der Waals surface area contributed by atoms with Crippen molar-refractivity contribution in [1.29, 1.82) is 0 Å². The number of carboxylic acid groups (broad SMARTS) is 1. The van der Waals surface area contributed by atoms with Crippen molar-refractivity contribution in [2.24, 2.45) is 17.6 Å². The van der Waals surface area contributed by atoms with Crippen LogP contribution in [0.25, 0.3) is 0 Å². The second-order valence-electron chi connectivity index (χ2n) is 10.8. The number of nitrogens with two attached hydrogens (primary N) is 1. The lowest BCUT2D eigenvalue weighted by Crippen LogP contribution is -2.56. The number of rotatable bonds is 13. The summed E-state index contributed by atoms with van der Waals surface area (Å²) in [5.41, 5.74) is 5.71. The highest BCUT2D eigenvalue weighted by Gasteiger charge is 2.49. The minimum atomic E-state index is -0.923. The second kappa shape index (κ2) is 14.2. The van der Waals surface area contributed by atoms with Gasteiger partial charge in [0.15, 0.2) is 0 Å². The second-order valence-corrected chi connectivity index (χ2v) is 10.8. The summed E-state index contributed by atoms with van der Waals surface area (Å²) in [7, 11) is 0. The van der Waals surface area contributed by atoms with Crippen LogP contribution in [-0.4, -0.2) is 65.2 Å². The molecule has 2 aliphatic carbocycles. The lowest BCUT2D eigenvalue weighted by Gasteiger charge is -2.36. The van der Waals surface area contributed by atoms with Gasteiger partial charge in [-0.3, -0.25) is 14.9 Å². The normalized spacial score (nSPS) is 26.7. The fraction of sp³-hybridized carbons (Fsp3) is 0.889. The molecule has 1 aliphatic heterocycles. The summed E-state index contributed by atoms with van der Waals surface area (Å²) in [6.45, 7) is 2.63. The Balaban J connectivity index is 1.76. The number of aliphatic carboxylic acids is 1. The molecule has 3 aliphatic rings. The van der Waals surface area contributed by atoms with Gasteiger partial charge in [-0.05, 0) is 70.3 Å². The number of hydrogen-bond donors (Lipinski definition) is 3. The van der Waals surface area contributed by atoms with E-state index in [0.717, 1.165) is 44.9 Å². The highest BCUT2D eigenvalue weighted by Crippen LogP contribution is 2.40. The maximum absolute atomic E-state index is 13.9. The fourth-order valence-electron chi connectivity index (χ4n) is 6.58. The van der Waals surface area contributed by atoms with Crippen molar-refractivity contribution in [2.75, 3.05) is 13.2 Å². The zero-order valence-electron chi connectivity index (χ0n) is 21.6. The zero-order chi connectivity index (χ0) is 25.2. The number of nitrogens with zero attached hydrogens (tertiary/aromatic N) is 1. The van der Waals surface area contributed by atoms with Gasteiger partial charge >= 0.3 is 11.9 Å². The van der Waals surface area contributed by atoms with Crippen LogP contribution in [0.15, 0.2) is 0 Å². The van der Waals surface area contributed by atoms with Gasteiger partial charge < -0.3 is 20.5 Å². The number of unbranched alkanes of at least 4 members (excludes halogenated alkanes) is 1. The Labute approximate surface area is 210 Å². The van der Waals surface area contributed by atoms with Gasteiger partial charge in [-0.25, -0.2) is 4.79 Å². The molecule has 0 bridgehead atoms. The average Bonchev–Trinajstić information content (AvgIpc) is 3.26. The third kappa shape index (κ3) is 7.66. The van der Waals surface area contributed by atoms with Crippen LogP contribution in [-0.2, 0) is 19.1 Å². The molecule has 1 saturated heterocycles. The van der Waals surface area contributed by atoms with E-state index in [4.69, 9.17) is 10.5 Å². The van der Waals surface area contributed by atoms with E-state index in [1.807, 2.05) is 0 Å². The Morgan fingerprint density at radius 1 is 1.00 bits per heavy atom. The first-order valence-electron chi connectivity index (χ1n) is 14.1. The van der Waals surface area contributed by atoms with Gasteiger partial charge in [0, 0.05) is 6.04 Å². The molecule has 8 heteroatoms. The zero-order valence-corrected chi connectivity index (χ0v) is 21.6. The van der Waals surface area contributed by atoms with Gasteiger partial charge in [0.05, 0.1) is 12.6 Å². The van der Waals surface area contributed by atoms with E-state index in [-0.39, 0.29) is 23.8 Å². The molecule has 0 spiro atoms. The summed E-state index contributed by atoms with van der Waals surface area (Å²) in [6, 6.07) is -1.96. The number of fused-ring (bicyclic) bond motifs is 1. The standard InChI is InChI=1S/C27H47N3O5/c1-2-35-27(34)22(16-15-19-10-4-3-5-11-19)29-21(13-8-9-17-28)25(31)30-23-14-7-6-12-20(23)18-24(30)26(32)33/h19-24,29H,2-18,28H2,1H3,(H,32,33)/t20-,21+,22?,23+,24+/m1/s1. The Hall–Kier alpha value is -1.67. The summed E-state index contributed by atoms with van der Waals surface area (Å²) in [5.74, 6) is -0.535. The minimum absolute atomic E-state index is 0.0144. The third-order valence-electron chi connectivity index (χ3n) is 8.43. The molecule has 35 heavy (non-hydrogen) atoms. The molecule has 1 heterocycles. The third-order valence-corrected chi connectivity index (χ3v) is 8.43. The van der Waals surface area contributed by atoms with E-state index < -0.39 is 24.1 Å². The molecule has 8 nitrogen and oxygen atoms in total. The first kappa shape index (κ1) is 27.9. The highest BCUT2D eigenvalue weighted by molar-refractivity contribution is 5.88. The number of ether oxygens (including phenoxy) is 1. The Bertz CT molecular complexity index is 696. The smallest absolute Gasteiger partial charge is 0.326 e. The minimum Gasteiger partial charge on any atom is -0.480 e. The van der Waals surface area contributed by atoms with Crippen LogP contribution in [0.1, 0.15) is 103 Å². The van der Waals surface area contributed by atoms with E-state index in [1.165, 1.54) is 32.1 Å². The first-order valence-corrected chi connectivity index (χ1v) is 14.1. The van der Waals surface area contributed by atoms with E-state index in [9.17, 15) is 19.5 Å². The molecule has 4 N–H and O–H groups in total. The fourth-order valence-corrected chi connectivity index (χ4v) is 6.58. The predicted molar refractivity (Wildman–Crippen MR) is 135 cm³/mol. The molecule has 2 saturated carbocycles. The summed E-state index contributed by atoms with van der Waals surface area (Å²) in [5, 5.41) is 13.3. The molecule has 1 amide bonds. The van der Waals surface area contributed by atoms with Crippen LogP contribution in [0, 0.1) is 11.8 Å². The van der Waals surface area contributed by atoms with Crippen LogP contribution in [0.2, 0.25) is 0 Å². The van der Waals surface area contributed by atoms with E-state index >= 15 is 0 Å². The van der Waals surface area contributed by atoms with Gasteiger partial charge in [-0.2, -0.15) is 0 Å². The molecule has 3 fully saturated rings. The van der Waals surface area contributed by atoms with Crippen LogP contribution < -0.4 is 11.1 Å². The Morgan fingerprint density at radius 2 is 1.71 bits per heavy atom. The topological polar surface area (TPSA) is 122 Å². The highest BCUT2D eigenvalue weighted by atomic mass is 16.5. The summed E-state index contributed by atoms with van der Waals surface area (Å²) < 4.78 is 5.38. The number of esters is 1. The molecule has 0 radical (unpaired) electrons. The number of carbonyl (C=O) groups excluding carboxylic acids is 2. The van der Waals surface area contributed by atoms with Crippen molar-refractivity contribution < 1.29 is 24.2 Å². The van der Waals surface area contributed by atoms with Gasteiger partial charge in [0.1, 0.15) is 12.1 Å². The van der Waals surface area contributed by atoms with Crippen molar-refractivity contribution in [2.45, 2.75) is 127 Å². The average molecular weight is 494 g/mol. The number of amides is 1. The molecule has 3 rings (SSSR count). The molecular weight excluding hydrogens is 446 g/mol. The number of carbonyl (C=O) groups is 3. The SMILES string of the molecule is CCOC(=O)C(CCC1CCCCC1)N[C@@H](CCCCN)C(=O)N1[C@H](C(=O)O)C[C@H]2CCCC[C@@H]21. The number of likely N-dealkylation sites (tertiary alicyclic amines) is 1. The van der Waals surface area contributed by atoms with Crippen molar-refractivity contribution in [1.82, 2.24) is 10.2 Å². The molecule has 200 valence electrons. The lowest BCUT2D eigenvalue weighted by atomic mass is 9.84. The van der Waals surface area contributed by atoms with Crippen molar-refractivity contribution >= 4 is 17.8 Å². The summed E-state index contributed by atoms with van der Waals surface area (Å²) in [4.78, 5) is 40.6. The Morgan fingerprint density at radius 3 is 2.40 bits per heavy atom. The maximum atomic E-state index is 13.9. The number of carboxylic acids is 1. The summed E-state index contributed by atoms with van der Waals surface area (Å²) >= 11 is 0. The van der Waals surface area contributed by atoms with Gasteiger partial charge in [-0.1, -0.05) is 51.4 Å². The van der Waals surface area contributed by atoms with Crippen molar-refractivity contribution in [3.8, 4) is 0 Å². The summed E-state index contributed by atoms with van der Waals surface area (Å²) in [6.07, 6.45) is 14.3. The van der Waals surface area contributed by atoms with Crippen molar-refractivity contribution in [3.63, 3.8) is 0 Å². The molecular formula is C27H47N3O5. The van der Waals surface area contributed by atoms with Gasteiger partial charge in [0.2, 0.25) is 5.91 Å². The first-order chi connectivity index (χ1) is 17.0. The monoisotopic (exact) mass is 493 g/mol. The molecule has 0 aromatic carbocycles. The largest absolute Gasteiger partial charge is 0.480 e. The van der Waals surface area contributed by atoms with E-state index in [1.54, 1.807) is 11.8 Å². The lowest BCUT2D eigenvalue weighted by molar-refractivity contribution is -0.152. The molecule has 0 aromatic heterocycles. The van der Waals surface area contributed by atoms with E-state index in [0.29, 0.717) is 38.3 Å². The maximum Gasteiger partial charge on any atom is 0.326 e. The number of hydrogen-bond acceptors (Lipinski definition) is 6. The van der Waals surface area contributed by atoms with Crippen LogP contribution in [0.4, 0.5) is 0 Å². The van der Waals surface area contributed by atoms with Gasteiger partial charge in [-0.15, -0.1) is 0 Å². The van der Waals surface area contributed by atoms with E-state index in [2.05, 4.69) is 5.32 Å². The van der Waals surface area contributed by atoms with Crippen molar-refractivity contribution in [3.05, 3.63) is 0 Å². The van der Waals surface area contributed by atoms with Gasteiger partial charge in [0.25, 0.3) is 0 Å². The van der Waals surface area contributed by atoms with Crippen LogP contribution in [0.3, 0.4) is 0 Å². The quantitative estimate of drug-likeness (QED) is 0.265. The van der Waals surface area contributed by atoms with Crippen LogP contribution in [0.5, 0.6) is 0 Å². The molecule has 5 atom stereocenters. The molecule has 1 unspecified atom stereocenters. The molecule has 0 aromatic rings. The number of nitrogens with one attached hydrogen (secondary N) is 1. The van der Waals surface area contributed by atoms with Crippen LogP contribution >= 0.6 is 0 Å². The predicted octanol–water partition coefficient (Wildman–Crippen LogP) is 3.61. The Kier molecular flexibility index (Phi) is 11.3.